The van der Waals surface area contributed by atoms with Crippen molar-refractivity contribution in [3.8, 4) is 0 Å². The zero-order chi connectivity index (χ0) is 16.8. The third-order valence-corrected chi connectivity index (χ3v) is 5.60. The van der Waals surface area contributed by atoms with Crippen molar-refractivity contribution in [2.24, 2.45) is 5.92 Å². The fourth-order valence-electron chi connectivity index (χ4n) is 3.41. The number of nitrogens with zero attached hydrogens (tertiary/aromatic N) is 5. The number of piperidine rings is 1. The number of hydrogen-bond acceptors (Lipinski definition) is 5. The summed E-state index contributed by atoms with van der Waals surface area (Å²) in [6.07, 6.45) is 4.29. The maximum atomic E-state index is 12.0. The molecular weight excluding hydrogens is 324 g/mol. The molecule has 0 bridgehead atoms. The number of aromatic nitrogens is 3. The Morgan fingerprint density at radius 3 is 3.00 bits per heavy atom. The molecule has 7 nitrogen and oxygen atoms in total. The molecule has 1 N–H and O–H groups in total. The van der Waals surface area contributed by atoms with Gasteiger partial charge in [-0.2, -0.15) is 11.8 Å². The lowest BCUT2D eigenvalue weighted by molar-refractivity contribution is 0.158. The van der Waals surface area contributed by atoms with Gasteiger partial charge < -0.3 is 10.2 Å². The van der Waals surface area contributed by atoms with E-state index >= 15 is 0 Å². The molecule has 1 atom stereocenters. The zero-order valence-electron chi connectivity index (χ0n) is 14.5. The van der Waals surface area contributed by atoms with E-state index in [-0.39, 0.29) is 6.03 Å². The Balaban J connectivity index is 1.49. The third kappa shape index (κ3) is 4.86. The number of likely N-dealkylation sites (tertiary alicyclic amines) is 1. The van der Waals surface area contributed by atoms with Crippen molar-refractivity contribution in [1.82, 2.24) is 30.1 Å². The lowest BCUT2D eigenvalue weighted by Crippen LogP contribution is -2.46. The van der Waals surface area contributed by atoms with Gasteiger partial charge in [0.1, 0.15) is 0 Å². The molecule has 0 spiro atoms. The van der Waals surface area contributed by atoms with Gasteiger partial charge in [-0.3, -0.25) is 9.58 Å². The molecule has 0 aromatic carbocycles. The molecule has 2 amide bonds. The first-order chi connectivity index (χ1) is 11.7. The van der Waals surface area contributed by atoms with Crippen LogP contribution in [0.4, 0.5) is 4.79 Å². The van der Waals surface area contributed by atoms with Gasteiger partial charge in [-0.1, -0.05) is 5.21 Å². The summed E-state index contributed by atoms with van der Waals surface area (Å²) in [4.78, 5) is 16.4. The normalized spacial score (nSPS) is 22.5. The first kappa shape index (κ1) is 17.5. The van der Waals surface area contributed by atoms with Crippen LogP contribution in [0.2, 0.25) is 0 Å². The maximum absolute atomic E-state index is 12.0. The second kappa shape index (κ2) is 8.71. The Kier molecular flexibility index (Phi) is 6.37. The summed E-state index contributed by atoms with van der Waals surface area (Å²) in [5.74, 6) is 2.89. The van der Waals surface area contributed by atoms with Gasteiger partial charge in [0.05, 0.1) is 5.69 Å². The van der Waals surface area contributed by atoms with Crippen LogP contribution in [-0.2, 0) is 13.1 Å². The summed E-state index contributed by atoms with van der Waals surface area (Å²) >= 11 is 2.02. The molecule has 3 rings (SSSR count). The van der Waals surface area contributed by atoms with E-state index in [9.17, 15) is 4.79 Å². The van der Waals surface area contributed by atoms with Crippen LogP contribution in [0.15, 0.2) is 6.20 Å². The molecule has 24 heavy (non-hydrogen) atoms. The van der Waals surface area contributed by atoms with Crippen LogP contribution >= 0.6 is 11.8 Å². The molecular formula is C16H28N6OS. The van der Waals surface area contributed by atoms with Gasteiger partial charge in [0.15, 0.2) is 0 Å². The molecule has 2 saturated heterocycles. The SMILES string of the molecule is CCNC(=O)N1CCCC(Cn2cc(CN3CCSCC3)nn2)C1. The summed E-state index contributed by atoms with van der Waals surface area (Å²) < 4.78 is 1.96. The minimum Gasteiger partial charge on any atom is -0.338 e. The molecule has 0 aliphatic carbocycles. The molecule has 3 heterocycles. The fraction of sp³-hybridized carbons (Fsp3) is 0.812. The first-order valence-electron chi connectivity index (χ1n) is 8.96. The van der Waals surface area contributed by atoms with Gasteiger partial charge in [-0.25, -0.2) is 4.79 Å². The van der Waals surface area contributed by atoms with E-state index in [4.69, 9.17) is 0 Å². The van der Waals surface area contributed by atoms with Gasteiger partial charge >= 0.3 is 6.03 Å². The van der Waals surface area contributed by atoms with Crippen molar-refractivity contribution >= 4 is 17.8 Å². The Morgan fingerprint density at radius 1 is 1.38 bits per heavy atom. The van der Waals surface area contributed by atoms with E-state index < -0.39 is 0 Å². The quantitative estimate of drug-likeness (QED) is 0.864. The summed E-state index contributed by atoms with van der Waals surface area (Å²) in [5, 5.41) is 11.5. The monoisotopic (exact) mass is 352 g/mol. The Hall–Kier alpha value is -1.28. The van der Waals surface area contributed by atoms with Crippen LogP contribution in [-0.4, -0.2) is 75.1 Å². The molecule has 1 aromatic rings. The highest BCUT2D eigenvalue weighted by atomic mass is 32.2. The van der Waals surface area contributed by atoms with Gasteiger partial charge in [-0.15, -0.1) is 5.10 Å². The summed E-state index contributed by atoms with van der Waals surface area (Å²) in [7, 11) is 0. The first-order valence-corrected chi connectivity index (χ1v) is 10.1. The van der Waals surface area contributed by atoms with Crippen LogP contribution in [0.5, 0.6) is 0 Å². The minimum atomic E-state index is 0.0597. The van der Waals surface area contributed by atoms with Crippen molar-refractivity contribution < 1.29 is 4.79 Å². The van der Waals surface area contributed by atoms with Gasteiger partial charge in [0.2, 0.25) is 0 Å². The number of amides is 2. The predicted molar refractivity (Wildman–Crippen MR) is 96.0 cm³/mol. The second-order valence-electron chi connectivity index (χ2n) is 6.61. The average Bonchev–Trinajstić information content (AvgIpc) is 3.03. The van der Waals surface area contributed by atoms with Crippen LogP contribution in [0.25, 0.3) is 0 Å². The van der Waals surface area contributed by atoms with E-state index in [1.807, 2.05) is 28.3 Å². The molecule has 8 heteroatoms. The Morgan fingerprint density at radius 2 is 2.21 bits per heavy atom. The molecule has 1 aromatic heterocycles. The highest BCUT2D eigenvalue weighted by molar-refractivity contribution is 7.99. The number of thioether (sulfide) groups is 1. The summed E-state index contributed by atoms with van der Waals surface area (Å²) in [6.45, 7) is 8.33. The average molecular weight is 353 g/mol. The summed E-state index contributed by atoms with van der Waals surface area (Å²) in [5.41, 5.74) is 1.05. The zero-order valence-corrected chi connectivity index (χ0v) is 15.3. The summed E-state index contributed by atoms with van der Waals surface area (Å²) in [6, 6.07) is 0.0597. The molecule has 2 aliphatic heterocycles. The Labute approximate surface area is 148 Å². The van der Waals surface area contributed by atoms with Crippen LogP contribution < -0.4 is 5.32 Å². The van der Waals surface area contributed by atoms with E-state index in [1.54, 1.807) is 0 Å². The Bertz CT molecular complexity index is 530. The van der Waals surface area contributed by atoms with Crippen molar-refractivity contribution in [2.75, 3.05) is 44.2 Å². The number of carbonyl (C=O) groups excluding carboxylic acids is 1. The third-order valence-electron chi connectivity index (χ3n) is 4.65. The standard InChI is InChI=1S/C16H28N6OS/c1-2-17-16(23)21-5-3-4-14(10-21)11-22-13-15(18-19-22)12-20-6-8-24-9-7-20/h13-14H,2-12H2,1H3,(H,17,23). The smallest absolute Gasteiger partial charge is 0.317 e. The number of rotatable bonds is 5. The highest BCUT2D eigenvalue weighted by Gasteiger charge is 2.24. The number of urea groups is 1. The number of hydrogen-bond donors (Lipinski definition) is 1. The lowest BCUT2D eigenvalue weighted by Gasteiger charge is -2.32. The largest absolute Gasteiger partial charge is 0.338 e. The molecule has 2 fully saturated rings. The fourth-order valence-corrected chi connectivity index (χ4v) is 4.39. The molecule has 2 aliphatic rings. The topological polar surface area (TPSA) is 66.3 Å². The molecule has 0 radical (unpaired) electrons. The van der Waals surface area contributed by atoms with E-state index in [2.05, 4.69) is 26.7 Å². The number of carbonyl (C=O) groups is 1. The van der Waals surface area contributed by atoms with Gasteiger partial charge in [0, 0.05) is 63.5 Å². The van der Waals surface area contributed by atoms with E-state index in [0.29, 0.717) is 12.5 Å². The highest BCUT2D eigenvalue weighted by Crippen LogP contribution is 2.18. The van der Waals surface area contributed by atoms with Crippen molar-refractivity contribution in [3.63, 3.8) is 0 Å². The van der Waals surface area contributed by atoms with Gasteiger partial charge in [0.25, 0.3) is 0 Å². The minimum absolute atomic E-state index is 0.0597. The van der Waals surface area contributed by atoms with Crippen LogP contribution in [0, 0.1) is 5.92 Å². The predicted octanol–water partition coefficient (Wildman–Crippen LogP) is 1.27. The van der Waals surface area contributed by atoms with Crippen molar-refractivity contribution in [1.29, 1.82) is 0 Å². The van der Waals surface area contributed by atoms with Crippen molar-refractivity contribution in [2.45, 2.75) is 32.9 Å². The van der Waals surface area contributed by atoms with Gasteiger partial charge in [-0.05, 0) is 25.7 Å². The molecule has 1 unspecified atom stereocenters. The maximum Gasteiger partial charge on any atom is 0.317 e. The van der Waals surface area contributed by atoms with Crippen LogP contribution in [0.3, 0.4) is 0 Å². The van der Waals surface area contributed by atoms with Crippen LogP contribution in [0.1, 0.15) is 25.5 Å². The van der Waals surface area contributed by atoms with E-state index in [0.717, 1.165) is 57.8 Å². The second-order valence-corrected chi connectivity index (χ2v) is 7.83. The lowest BCUT2D eigenvalue weighted by atomic mass is 9.98. The number of nitrogens with one attached hydrogen (secondary N) is 1. The molecule has 134 valence electrons. The van der Waals surface area contributed by atoms with Crippen molar-refractivity contribution in [3.05, 3.63) is 11.9 Å². The molecule has 0 saturated carbocycles. The van der Waals surface area contributed by atoms with E-state index in [1.165, 1.54) is 11.5 Å².